The Hall–Kier alpha value is -1.38. The molecule has 0 aliphatic heterocycles. The number of methoxy groups -OCH3 is 1. The van der Waals surface area contributed by atoms with E-state index in [-0.39, 0.29) is 17.8 Å². The topological polar surface area (TPSA) is 43.4 Å². The van der Waals surface area contributed by atoms with Crippen LogP contribution in [0.4, 0.5) is 0 Å². The largest absolute Gasteiger partial charge is 0.466 e. The number of rotatable bonds is 2. The summed E-state index contributed by atoms with van der Waals surface area (Å²) in [6.07, 6.45) is 4.06. The first-order chi connectivity index (χ1) is 8.54. The number of hydrogen-bond donors (Lipinski definition) is 0. The summed E-state index contributed by atoms with van der Waals surface area (Å²) in [6.45, 7) is 7.95. The molecule has 2 rings (SSSR count). The zero-order valence-corrected chi connectivity index (χ0v) is 10.9. The van der Waals surface area contributed by atoms with E-state index in [4.69, 9.17) is 4.74 Å². The number of ketones is 1. The second-order valence-electron chi connectivity index (χ2n) is 5.36. The molecule has 0 aromatic rings. The van der Waals surface area contributed by atoms with Crippen LogP contribution in [0.3, 0.4) is 0 Å². The predicted molar refractivity (Wildman–Crippen MR) is 68.9 cm³/mol. The van der Waals surface area contributed by atoms with Crippen molar-refractivity contribution in [3.8, 4) is 0 Å². The van der Waals surface area contributed by atoms with Crippen LogP contribution in [0.15, 0.2) is 24.3 Å². The SMILES string of the molecule is C=C(C(=O)OC)[C@@H]1CCC(=C)[C@@H]2CCC(=O)[C@@H]2C1. The van der Waals surface area contributed by atoms with Gasteiger partial charge >= 0.3 is 5.97 Å². The summed E-state index contributed by atoms with van der Waals surface area (Å²) in [4.78, 5) is 23.5. The van der Waals surface area contributed by atoms with Crippen LogP contribution in [-0.2, 0) is 14.3 Å². The molecule has 2 fully saturated rings. The molecule has 2 saturated carbocycles. The third kappa shape index (κ3) is 2.26. The van der Waals surface area contributed by atoms with Gasteiger partial charge in [0, 0.05) is 17.9 Å². The fourth-order valence-corrected chi connectivity index (χ4v) is 3.28. The molecule has 0 heterocycles. The molecule has 0 N–H and O–H groups in total. The van der Waals surface area contributed by atoms with E-state index in [2.05, 4.69) is 13.2 Å². The Labute approximate surface area is 108 Å². The minimum absolute atomic E-state index is 0.0476. The molecule has 0 aromatic carbocycles. The van der Waals surface area contributed by atoms with Gasteiger partial charge in [-0.1, -0.05) is 18.7 Å². The van der Waals surface area contributed by atoms with Crippen molar-refractivity contribution in [1.29, 1.82) is 0 Å². The number of ether oxygens (including phenoxy) is 1. The van der Waals surface area contributed by atoms with Crippen LogP contribution in [0.25, 0.3) is 0 Å². The minimum Gasteiger partial charge on any atom is -0.466 e. The molecule has 0 aromatic heterocycles. The summed E-state index contributed by atoms with van der Waals surface area (Å²) in [5, 5.41) is 0. The van der Waals surface area contributed by atoms with Crippen molar-refractivity contribution >= 4 is 11.8 Å². The van der Waals surface area contributed by atoms with Gasteiger partial charge in [0.1, 0.15) is 5.78 Å². The summed E-state index contributed by atoms with van der Waals surface area (Å²) in [5.74, 6) is 0.408. The van der Waals surface area contributed by atoms with E-state index in [9.17, 15) is 9.59 Å². The first-order valence-corrected chi connectivity index (χ1v) is 6.52. The molecule has 18 heavy (non-hydrogen) atoms. The van der Waals surface area contributed by atoms with E-state index in [0.717, 1.165) is 25.7 Å². The number of carbonyl (C=O) groups is 2. The Morgan fingerprint density at radius 1 is 1.28 bits per heavy atom. The Kier molecular flexibility index (Phi) is 3.69. The van der Waals surface area contributed by atoms with Crippen LogP contribution >= 0.6 is 0 Å². The van der Waals surface area contributed by atoms with Gasteiger partial charge < -0.3 is 4.74 Å². The lowest BCUT2D eigenvalue weighted by Crippen LogP contribution is -2.20. The van der Waals surface area contributed by atoms with Gasteiger partial charge in [-0.15, -0.1) is 0 Å². The molecule has 0 saturated heterocycles. The molecule has 2 aliphatic carbocycles. The lowest BCUT2D eigenvalue weighted by Gasteiger charge is -2.19. The maximum absolute atomic E-state index is 11.9. The zero-order valence-electron chi connectivity index (χ0n) is 10.9. The van der Waals surface area contributed by atoms with Crippen LogP contribution in [-0.4, -0.2) is 18.9 Å². The molecular weight excluding hydrogens is 228 g/mol. The molecule has 2 aliphatic rings. The predicted octanol–water partition coefficient (Wildman–Crippen LogP) is 2.67. The molecule has 0 amide bonds. The maximum Gasteiger partial charge on any atom is 0.333 e. The third-order valence-corrected chi connectivity index (χ3v) is 4.42. The first-order valence-electron chi connectivity index (χ1n) is 6.52. The van der Waals surface area contributed by atoms with Gasteiger partial charge in [0.15, 0.2) is 0 Å². The van der Waals surface area contributed by atoms with Crippen molar-refractivity contribution in [2.45, 2.75) is 32.1 Å². The molecule has 0 spiro atoms. The lowest BCUT2D eigenvalue weighted by atomic mass is 9.84. The number of fused-ring (bicyclic) bond motifs is 1. The molecule has 3 atom stereocenters. The standard InChI is InChI=1S/C15H20O3/c1-9-4-5-11(10(2)15(17)18-3)8-13-12(9)6-7-14(13)16/h11-13H,1-2,4-8H2,3H3/t11-,12+,13-/m1/s1. The van der Waals surface area contributed by atoms with Crippen molar-refractivity contribution in [2.24, 2.45) is 17.8 Å². The van der Waals surface area contributed by atoms with Crippen molar-refractivity contribution in [2.75, 3.05) is 7.11 Å². The number of hydrogen-bond acceptors (Lipinski definition) is 3. The highest BCUT2D eigenvalue weighted by molar-refractivity contribution is 5.89. The van der Waals surface area contributed by atoms with Gasteiger partial charge in [-0.25, -0.2) is 4.79 Å². The van der Waals surface area contributed by atoms with Crippen LogP contribution < -0.4 is 0 Å². The Morgan fingerprint density at radius 3 is 2.67 bits per heavy atom. The van der Waals surface area contributed by atoms with Crippen LogP contribution in [0.2, 0.25) is 0 Å². The lowest BCUT2D eigenvalue weighted by molar-refractivity contribution is -0.137. The second-order valence-corrected chi connectivity index (χ2v) is 5.36. The van der Waals surface area contributed by atoms with Gasteiger partial charge in [0.25, 0.3) is 0 Å². The van der Waals surface area contributed by atoms with Crippen molar-refractivity contribution in [3.63, 3.8) is 0 Å². The Bertz CT molecular complexity index is 408. The first kappa shape index (κ1) is 13.1. The average molecular weight is 248 g/mol. The summed E-state index contributed by atoms with van der Waals surface area (Å²) >= 11 is 0. The minimum atomic E-state index is -0.352. The fraction of sp³-hybridized carbons (Fsp3) is 0.600. The van der Waals surface area contributed by atoms with Crippen LogP contribution in [0, 0.1) is 17.8 Å². The molecular formula is C15H20O3. The quantitative estimate of drug-likeness (QED) is 0.428. The molecule has 98 valence electrons. The number of allylic oxidation sites excluding steroid dienone is 1. The van der Waals surface area contributed by atoms with E-state index in [1.807, 2.05) is 0 Å². The summed E-state index contributed by atoms with van der Waals surface area (Å²) in [6, 6.07) is 0. The van der Waals surface area contributed by atoms with E-state index >= 15 is 0 Å². The van der Waals surface area contributed by atoms with Gasteiger partial charge in [-0.2, -0.15) is 0 Å². The molecule has 3 nitrogen and oxygen atoms in total. The summed E-state index contributed by atoms with van der Waals surface area (Å²) in [5.41, 5.74) is 1.68. The normalized spacial score (nSPS) is 31.7. The average Bonchev–Trinajstić information content (AvgIpc) is 2.64. The molecule has 0 radical (unpaired) electrons. The highest BCUT2D eigenvalue weighted by Gasteiger charge is 2.40. The van der Waals surface area contributed by atoms with E-state index in [0.29, 0.717) is 23.7 Å². The van der Waals surface area contributed by atoms with Crippen LogP contribution in [0.1, 0.15) is 32.1 Å². The molecule has 3 heteroatoms. The highest BCUT2D eigenvalue weighted by Crippen LogP contribution is 2.44. The summed E-state index contributed by atoms with van der Waals surface area (Å²) < 4.78 is 4.73. The Balaban J connectivity index is 2.16. The van der Waals surface area contributed by atoms with Crippen molar-refractivity contribution < 1.29 is 14.3 Å². The third-order valence-electron chi connectivity index (χ3n) is 4.42. The van der Waals surface area contributed by atoms with E-state index in [1.165, 1.54) is 12.7 Å². The van der Waals surface area contributed by atoms with Crippen molar-refractivity contribution in [1.82, 2.24) is 0 Å². The van der Waals surface area contributed by atoms with E-state index < -0.39 is 0 Å². The molecule has 0 bridgehead atoms. The fourth-order valence-electron chi connectivity index (χ4n) is 3.28. The smallest absolute Gasteiger partial charge is 0.333 e. The van der Waals surface area contributed by atoms with Gasteiger partial charge in [0.05, 0.1) is 7.11 Å². The Morgan fingerprint density at radius 2 is 2.00 bits per heavy atom. The number of esters is 1. The van der Waals surface area contributed by atoms with Gasteiger partial charge in [-0.05, 0) is 37.5 Å². The van der Waals surface area contributed by atoms with Crippen molar-refractivity contribution in [3.05, 3.63) is 24.3 Å². The number of carbonyl (C=O) groups excluding carboxylic acids is 2. The van der Waals surface area contributed by atoms with Gasteiger partial charge in [0.2, 0.25) is 0 Å². The highest BCUT2D eigenvalue weighted by atomic mass is 16.5. The summed E-state index contributed by atoms with van der Waals surface area (Å²) in [7, 11) is 1.37. The zero-order chi connectivity index (χ0) is 13.3. The monoisotopic (exact) mass is 248 g/mol. The number of Topliss-reactive ketones (excluding diaryl/α,β-unsaturated/α-hetero) is 1. The second kappa shape index (κ2) is 5.09. The molecule has 0 unspecified atom stereocenters. The van der Waals surface area contributed by atoms with Crippen LogP contribution in [0.5, 0.6) is 0 Å². The maximum atomic E-state index is 11.9. The van der Waals surface area contributed by atoms with E-state index in [1.54, 1.807) is 0 Å². The van der Waals surface area contributed by atoms with Gasteiger partial charge in [-0.3, -0.25) is 4.79 Å².